The molecular weight excluding hydrogens is 666 g/mol. The van der Waals surface area contributed by atoms with Crippen molar-refractivity contribution < 1.29 is 38.2 Å². The smallest absolute Gasteiger partial charge is 0.362 e. The molecule has 53 heavy (non-hydrogen) atoms. The summed E-state index contributed by atoms with van der Waals surface area (Å²) in [7, 11) is 5.53. The standard InChI is InChI=1S/C45H85NO7/c1-6-8-10-12-14-16-18-19-20-21-22-23-24-25-26-28-29-31-33-35-43(47)52-40-41(39-51-38-37-42(45(49)50)46(3,4)5)53-44(48)36-34-32-30-27-17-15-13-11-9-7-2/h11,13,41-42H,6-10,12,14-40H2,1-5H3/p+1/b13-11-. The first-order valence-electron chi connectivity index (χ1n) is 22.2. The van der Waals surface area contributed by atoms with E-state index in [-0.39, 0.29) is 36.2 Å². The van der Waals surface area contributed by atoms with Crippen molar-refractivity contribution >= 4 is 17.9 Å². The van der Waals surface area contributed by atoms with E-state index in [0.29, 0.717) is 19.3 Å². The molecular formula is C45H86NO7+. The molecule has 0 aromatic rings. The first-order valence-corrected chi connectivity index (χ1v) is 22.2. The highest BCUT2D eigenvalue weighted by molar-refractivity contribution is 5.72. The minimum atomic E-state index is -0.874. The van der Waals surface area contributed by atoms with Gasteiger partial charge in [-0.3, -0.25) is 9.59 Å². The molecule has 0 aromatic carbocycles. The van der Waals surface area contributed by atoms with E-state index in [4.69, 9.17) is 14.2 Å². The van der Waals surface area contributed by atoms with E-state index in [9.17, 15) is 19.5 Å². The zero-order valence-corrected chi connectivity index (χ0v) is 35.5. The van der Waals surface area contributed by atoms with Gasteiger partial charge < -0.3 is 23.8 Å². The normalized spacial score (nSPS) is 13.0. The summed E-state index contributed by atoms with van der Waals surface area (Å²) in [6.45, 7) is 4.69. The van der Waals surface area contributed by atoms with Gasteiger partial charge in [-0.1, -0.05) is 167 Å². The van der Waals surface area contributed by atoms with Crippen molar-refractivity contribution in [1.82, 2.24) is 0 Å². The number of carboxylic acids is 1. The van der Waals surface area contributed by atoms with E-state index in [1.54, 1.807) is 0 Å². The molecule has 0 aliphatic carbocycles. The number of esters is 2. The summed E-state index contributed by atoms with van der Waals surface area (Å²) in [5, 5.41) is 9.60. The average Bonchev–Trinajstić information content (AvgIpc) is 3.11. The molecule has 8 heteroatoms. The third-order valence-electron chi connectivity index (χ3n) is 10.1. The van der Waals surface area contributed by atoms with E-state index in [2.05, 4.69) is 26.0 Å². The van der Waals surface area contributed by atoms with Crippen molar-refractivity contribution in [3.8, 4) is 0 Å². The van der Waals surface area contributed by atoms with Crippen LogP contribution in [0.2, 0.25) is 0 Å². The van der Waals surface area contributed by atoms with Crippen LogP contribution in [0.4, 0.5) is 0 Å². The summed E-state index contributed by atoms with van der Waals surface area (Å²) in [5.74, 6) is -1.47. The fourth-order valence-electron chi connectivity index (χ4n) is 6.68. The summed E-state index contributed by atoms with van der Waals surface area (Å²) in [4.78, 5) is 36.9. The molecule has 0 saturated carbocycles. The third kappa shape index (κ3) is 35.5. The maximum Gasteiger partial charge on any atom is 0.362 e. The van der Waals surface area contributed by atoms with Gasteiger partial charge in [0.1, 0.15) is 6.61 Å². The highest BCUT2D eigenvalue weighted by atomic mass is 16.6. The Balaban J connectivity index is 4.21. The second-order valence-electron chi connectivity index (χ2n) is 16.3. The van der Waals surface area contributed by atoms with Crippen molar-refractivity contribution in [2.24, 2.45) is 0 Å². The van der Waals surface area contributed by atoms with Gasteiger partial charge in [-0.15, -0.1) is 0 Å². The SMILES string of the molecule is CCC/C=C\CCCCCCCC(=O)OC(COCCC(C(=O)O)[N+](C)(C)C)COC(=O)CCCCCCCCCCCCCCCCCCCCC. The van der Waals surface area contributed by atoms with Gasteiger partial charge in [-0.25, -0.2) is 4.79 Å². The van der Waals surface area contributed by atoms with Gasteiger partial charge in [0.05, 0.1) is 34.4 Å². The minimum Gasteiger partial charge on any atom is -0.477 e. The van der Waals surface area contributed by atoms with Gasteiger partial charge in [0.25, 0.3) is 0 Å². The summed E-state index contributed by atoms with van der Waals surface area (Å²) in [5.41, 5.74) is 0. The summed E-state index contributed by atoms with van der Waals surface area (Å²) in [6.07, 6.45) is 38.3. The number of nitrogens with zero attached hydrogens (tertiary/aromatic N) is 1. The van der Waals surface area contributed by atoms with Crippen LogP contribution in [-0.4, -0.2) is 80.6 Å². The molecule has 0 aromatic heterocycles. The number of aliphatic carboxylic acids is 1. The molecule has 2 unspecified atom stereocenters. The average molecular weight is 753 g/mol. The first kappa shape index (κ1) is 51.1. The molecule has 0 heterocycles. The van der Waals surface area contributed by atoms with Crippen molar-refractivity contribution in [2.75, 3.05) is 41.0 Å². The van der Waals surface area contributed by atoms with Crippen molar-refractivity contribution in [1.29, 1.82) is 0 Å². The highest BCUT2D eigenvalue weighted by Crippen LogP contribution is 2.16. The van der Waals surface area contributed by atoms with Crippen LogP contribution in [0.15, 0.2) is 12.2 Å². The largest absolute Gasteiger partial charge is 0.477 e. The van der Waals surface area contributed by atoms with E-state index in [1.165, 1.54) is 116 Å². The Morgan fingerprint density at radius 2 is 0.981 bits per heavy atom. The molecule has 0 amide bonds. The number of hydrogen-bond donors (Lipinski definition) is 1. The number of quaternary nitrogens is 1. The van der Waals surface area contributed by atoms with Gasteiger partial charge in [0.2, 0.25) is 0 Å². The Kier molecular flexibility index (Phi) is 35.7. The number of carbonyl (C=O) groups excluding carboxylic acids is 2. The number of carboxylic acid groups (broad SMARTS) is 1. The zero-order chi connectivity index (χ0) is 39.3. The molecule has 1 N–H and O–H groups in total. The van der Waals surface area contributed by atoms with Crippen molar-refractivity contribution in [3.05, 3.63) is 12.2 Å². The maximum atomic E-state index is 12.6. The van der Waals surface area contributed by atoms with Gasteiger partial charge in [0.15, 0.2) is 12.1 Å². The minimum absolute atomic E-state index is 0.0487. The summed E-state index contributed by atoms with van der Waals surface area (Å²) in [6, 6.07) is -0.611. The Morgan fingerprint density at radius 3 is 1.43 bits per heavy atom. The maximum absolute atomic E-state index is 12.6. The highest BCUT2D eigenvalue weighted by Gasteiger charge is 2.31. The molecule has 2 atom stereocenters. The number of likely N-dealkylation sites (N-methyl/N-ethyl adjacent to an activating group) is 1. The lowest BCUT2D eigenvalue weighted by Crippen LogP contribution is -2.50. The molecule has 0 aliphatic heterocycles. The van der Waals surface area contributed by atoms with Crippen LogP contribution in [0, 0.1) is 0 Å². The predicted octanol–water partition coefficient (Wildman–Crippen LogP) is 11.9. The van der Waals surface area contributed by atoms with E-state index < -0.39 is 18.1 Å². The molecule has 0 rings (SSSR count). The zero-order valence-electron chi connectivity index (χ0n) is 35.5. The summed E-state index contributed by atoms with van der Waals surface area (Å²) >= 11 is 0. The lowest BCUT2D eigenvalue weighted by molar-refractivity contribution is -0.887. The van der Waals surface area contributed by atoms with E-state index in [0.717, 1.165) is 57.8 Å². The monoisotopic (exact) mass is 753 g/mol. The van der Waals surface area contributed by atoms with E-state index >= 15 is 0 Å². The molecule has 0 spiro atoms. The Hall–Kier alpha value is -1.93. The third-order valence-corrected chi connectivity index (χ3v) is 10.1. The van der Waals surface area contributed by atoms with Crippen LogP contribution in [0.25, 0.3) is 0 Å². The summed E-state index contributed by atoms with van der Waals surface area (Å²) < 4.78 is 17.2. The number of ether oxygens (including phenoxy) is 3. The number of unbranched alkanes of at least 4 members (excludes halogenated alkanes) is 24. The lowest BCUT2D eigenvalue weighted by Gasteiger charge is -2.31. The van der Waals surface area contributed by atoms with Gasteiger partial charge in [-0.2, -0.15) is 0 Å². The van der Waals surface area contributed by atoms with Crippen LogP contribution in [-0.2, 0) is 28.6 Å². The Labute approximate surface area is 327 Å². The molecule has 312 valence electrons. The Bertz CT molecular complexity index is 885. The van der Waals surface area contributed by atoms with Gasteiger partial charge in [0, 0.05) is 19.3 Å². The van der Waals surface area contributed by atoms with Crippen LogP contribution in [0.1, 0.15) is 206 Å². The van der Waals surface area contributed by atoms with E-state index in [1.807, 2.05) is 21.1 Å². The number of carbonyl (C=O) groups is 3. The van der Waals surface area contributed by atoms with Crippen LogP contribution in [0.5, 0.6) is 0 Å². The van der Waals surface area contributed by atoms with Crippen molar-refractivity contribution in [3.63, 3.8) is 0 Å². The van der Waals surface area contributed by atoms with Crippen LogP contribution < -0.4 is 0 Å². The second kappa shape index (κ2) is 37.0. The van der Waals surface area contributed by atoms with Crippen LogP contribution in [0.3, 0.4) is 0 Å². The fourth-order valence-corrected chi connectivity index (χ4v) is 6.68. The quantitative estimate of drug-likeness (QED) is 0.0288. The molecule has 0 bridgehead atoms. The molecule has 0 aliphatic rings. The van der Waals surface area contributed by atoms with Crippen LogP contribution >= 0.6 is 0 Å². The van der Waals surface area contributed by atoms with Gasteiger partial charge >= 0.3 is 17.9 Å². The number of allylic oxidation sites excluding steroid dienone is 2. The first-order chi connectivity index (χ1) is 25.6. The second-order valence-corrected chi connectivity index (χ2v) is 16.3. The molecule has 8 nitrogen and oxygen atoms in total. The topological polar surface area (TPSA) is 99.1 Å². The molecule has 0 radical (unpaired) electrons. The predicted molar refractivity (Wildman–Crippen MR) is 220 cm³/mol. The Morgan fingerprint density at radius 1 is 0.547 bits per heavy atom. The molecule has 0 fully saturated rings. The molecule has 0 saturated heterocycles. The fraction of sp³-hybridized carbons (Fsp3) is 0.889. The number of rotatable bonds is 40. The van der Waals surface area contributed by atoms with Crippen molar-refractivity contribution in [2.45, 2.75) is 219 Å². The lowest BCUT2D eigenvalue weighted by atomic mass is 10.0. The van der Waals surface area contributed by atoms with Gasteiger partial charge in [-0.05, 0) is 32.1 Å². The number of hydrogen-bond acceptors (Lipinski definition) is 6.